The summed E-state index contributed by atoms with van der Waals surface area (Å²) in [5, 5.41) is 8.86. The quantitative estimate of drug-likeness (QED) is 0.804. The van der Waals surface area contributed by atoms with Gasteiger partial charge < -0.3 is 9.52 Å². The van der Waals surface area contributed by atoms with Crippen molar-refractivity contribution in [2.24, 2.45) is 0 Å². The van der Waals surface area contributed by atoms with Gasteiger partial charge in [0.25, 0.3) is 0 Å². The fraction of sp³-hybridized carbons (Fsp3) is 0.545. The van der Waals surface area contributed by atoms with Gasteiger partial charge in [-0.25, -0.2) is 0 Å². The minimum Gasteiger partial charge on any atom is -0.481 e. The summed E-state index contributed by atoms with van der Waals surface area (Å²) in [6.45, 7) is 1.97. The first-order valence-electron chi connectivity index (χ1n) is 4.90. The van der Waals surface area contributed by atoms with Crippen molar-refractivity contribution >= 4 is 5.97 Å². The van der Waals surface area contributed by atoms with Crippen LogP contribution in [0.4, 0.5) is 0 Å². The maximum atomic E-state index is 10.8. The van der Waals surface area contributed by atoms with Gasteiger partial charge in [-0.05, 0) is 31.4 Å². The fourth-order valence-corrected chi connectivity index (χ4v) is 2.29. The zero-order chi connectivity index (χ0) is 10.2. The van der Waals surface area contributed by atoms with Crippen LogP contribution in [-0.2, 0) is 10.2 Å². The third-order valence-corrected chi connectivity index (χ3v) is 3.14. The minimum absolute atomic E-state index is 0.196. The molecule has 0 spiro atoms. The van der Waals surface area contributed by atoms with E-state index in [1.807, 2.05) is 13.0 Å². The summed E-state index contributed by atoms with van der Waals surface area (Å²) < 4.78 is 5.41. The van der Waals surface area contributed by atoms with E-state index in [-0.39, 0.29) is 11.8 Å². The van der Waals surface area contributed by atoms with Crippen molar-refractivity contribution in [1.82, 2.24) is 0 Å². The molecule has 1 aromatic rings. The molecule has 1 aliphatic rings. The predicted octanol–water partition coefficient (Wildman–Crippen LogP) is 2.48. The molecule has 1 aliphatic carbocycles. The summed E-state index contributed by atoms with van der Waals surface area (Å²) in [4.78, 5) is 10.8. The van der Waals surface area contributed by atoms with Crippen molar-refractivity contribution in [1.29, 1.82) is 0 Å². The van der Waals surface area contributed by atoms with Crippen LogP contribution >= 0.6 is 0 Å². The Morgan fingerprint density at radius 1 is 1.64 bits per heavy atom. The number of carboxylic acid groups (broad SMARTS) is 1. The van der Waals surface area contributed by atoms with E-state index in [9.17, 15) is 4.79 Å². The van der Waals surface area contributed by atoms with Crippen LogP contribution < -0.4 is 0 Å². The summed E-state index contributed by atoms with van der Waals surface area (Å²) in [5.74, 6) is 0.145. The fourth-order valence-electron chi connectivity index (χ4n) is 2.29. The van der Waals surface area contributed by atoms with Crippen LogP contribution in [-0.4, -0.2) is 11.1 Å². The largest absolute Gasteiger partial charge is 0.481 e. The first-order valence-corrected chi connectivity index (χ1v) is 4.90. The first kappa shape index (κ1) is 9.31. The molecule has 14 heavy (non-hydrogen) atoms. The van der Waals surface area contributed by atoms with E-state index in [4.69, 9.17) is 9.52 Å². The molecule has 1 aromatic heterocycles. The van der Waals surface area contributed by atoms with Crippen LogP contribution in [0.15, 0.2) is 16.7 Å². The molecule has 0 aliphatic heterocycles. The monoisotopic (exact) mass is 194 g/mol. The number of furan rings is 1. The second-order valence-corrected chi connectivity index (χ2v) is 4.14. The van der Waals surface area contributed by atoms with Gasteiger partial charge in [0, 0.05) is 5.41 Å². The second-order valence-electron chi connectivity index (χ2n) is 4.14. The molecule has 1 N–H and O–H groups in total. The third-order valence-electron chi connectivity index (χ3n) is 3.14. The van der Waals surface area contributed by atoms with Crippen LogP contribution in [0.2, 0.25) is 0 Å². The maximum Gasteiger partial charge on any atom is 0.304 e. The Morgan fingerprint density at radius 2 is 2.36 bits per heavy atom. The van der Waals surface area contributed by atoms with Gasteiger partial charge in [0.05, 0.1) is 12.7 Å². The van der Waals surface area contributed by atoms with E-state index in [0.717, 1.165) is 30.6 Å². The molecule has 0 aromatic carbocycles. The third kappa shape index (κ3) is 1.33. The van der Waals surface area contributed by atoms with Crippen molar-refractivity contribution in [3.05, 3.63) is 23.7 Å². The summed E-state index contributed by atoms with van der Waals surface area (Å²) in [7, 11) is 0. The number of hydrogen-bond acceptors (Lipinski definition) is 2. The van der Waals surface area contributed by atoms with Gasteiger partial charge in [-0.15, -0.1) is 0 Å². The summed E-state index contributed by atoms with van der Waals surface area (Å²) >= 11 is 0. The van der Waals surface area contributed by atoms with Crippen LogP contribution in [0.1, 0.15) is 37.0 Å². The van der Waals surface area contributed by atoms with Crippen LogP contribution in [0.3, 0.4) is 0 Å². The average molecular weight is 194 g/mol. The molecular weight excluding hydrogens is 180 g/mol. The molecule has 3 heteroatoms. The molecule has 0 bridgehead atoms. The smallest absolute Gasteiger partial charge is 0.304 e. The molecule has 1 heterocycles. The molecule has 0 unspecified atom stereocenters. The molecule has 0 saturated heterocycles. The van der Waals surface area contributed by atoms with E-state index in [2.05, 4.69) is 0 Å². The topological polar surface area (TPSA) is 50.4 Å². The minimum atomic E-state index is -0.736. The Kier molecular flexibility index (Phi) is 2.10. The highest BCUT2D eigenvalue weighted by molar-refractivity contribution is 5.69. The number of aliphatic carboxylic acids is 1. The van der Waals surface area contributed by atoms with Crippen molar-refractivity contribution in [3.63, 3.8) is 0 Å². The highest BCUT2D eigenvalue weighted by atomic mass is 16.4. The molecular formula is C11H14O3. The molecule has 3 nitrogen and oxygen atoms in total. The van der Waals surface area contributed by atoms with Gasteiger partial charge in [-0.1, -0.05) is 6.42 Å². The highest BCUT2D eigenvalue weighted by Crippen LogP contribution is 2.47. The lowest BCUT2D eigenvalue weighted by molar-refractivity contribution is -0.139. The Morgan fingerprint density at radius 3 is 2.71 bits per heavy atom. The number of carboxylic acids is 1. The van der Waals surface area contributed by atoms with E-state index in [0.29, 0.717) is 0 Å². The average Bonchev–Trinajstić information content (AvgIpc) is 2.44. The van der Waals surface area contributed by atoms with Gasteiger partial charge in [0.15, 0.2) is 0 Å². The molecule has 1 saturated carbocycles. The zero-order valence-corrected chi connectivity index (χ0v) is 8.25. The number of hydrogen-bond donors (Lipinski definition) is 1. The van der Waals surface area contributed by atoms with Gasteiger partial charge in [0.2, 0.25) is 0 Å². The molecule has 0 atom stereocenters. The Hall–Kier alpha value is -1.25. The van der Waals surface area contributed by atoms with Crippen molar-refractivity contribution in [2.75, 3.05) is 0 Å². The lowest BCUT2D eigenvalue weighted by atomic mass is 9.64. The Balaban J connectivity index is 2.29. The van der Waals surface area contributed by atoms with Gasteiger partial charge in [-0.2, -0.15) is 0 Å². The van der Waals surface area contributed by atoms with Crippen molar-refractivity contribution in [3.8, 4) is 0 Å². The van der Waals surface area contributed by atoms with Gasteiger partial charge >= 0.3 is 5.97 Å². The molecule has 2 rings (SSSR count). The molecule has 1 fully saturated rings. The second kappa shape index (κ2) is 3.15. The number of carbonyl (C=O) groups is 1. The normalized spacial score (nSPS) is 18.9. The van der Waals surface area contributed by atoms with Crippen LogP contribution in [0.5, 0.6) is 0 Å². The number of rotatable bonds is 3. The van der Waals surface area contributed by atoms with E-state index in [1.54, 1.807) is 6.26 Å². The van der Waals surface area contributed by atoms with Gasteiger partial charge in [-0.3, -0.25) is 4.79 Å². The zero-order valence-electron chi connectivity index (χ0n) is 8.25. The van der Waals surface area contributed by atoms with E-state index >= 15 is 0 Å². The lowest BCUT2D eigenvalue weighted by Gasteiger charge is -2.39. The van der Waals surface area contributed by atoms with Crippen LogP contribution in [0, 0.1) is 6.92 Å². The molecule has 0 radical (unpaired) electrons. The molecule has 0 amide bonds. The van der Waals surface area contributed by atoms with Gasteiger partial charge in [0.1, 0.15) is 5.76 Å². The standard InChI is InChI=1S/C11H14O3/c1-8-3-6-14-10(8)11(4-2-5-11)7-9(12)13/h3,6H,2,4-5,7H2,1H3,(H,12,13). The Bertz CT molecular complexity index is 347. The maximum absolute atomic E-state index is 10.8. The van der Waals surface area contributed by atoms with Crippen LogP contribution in [0.25, 0.3) is 0 Å². The lowest BCUT2D eigenvalue weighted by Crippen LogP contribution is -2.36. The summed E-state index contributed by atoms with van der Waals surface area (Å²) in [5.41, 5.74) is 0.866. The number of aryl methyl sites for hydroxylation is 1. The summed E-state index contributed by atoms with van der Waals surface area (Å²) in [6.07, 6.45) is 4.82. The predicted molar refractivity (Wildman–Crippen MR) is 51.2 cm³/mol. The van der Waals surface area contributed by atoms with Crippen molar-refractivity contribution in [2.45, 2.75) is 38.0 Å². The Labute approximate surface area is 82.7 Å². The highest BCUT2D eigenvalue weighted by Gasteiger charge is 2.43. The first-order chi connectivity index (χ1) is 6.64. The van der Waals surface area contributed by atoms with Crippen molar-refractivity contribution < 1.29 is 14.3 Å². The summed E-state index contributed by atoms with van der Waals surface area (Å²) in [6, 6.07) is 1.90. The SMILES string of the molecule is Cc1ccoc1C1(CC(=O)O)CCC1. The van der Waals surface area contributed by atoms with E-state index < -0.39 is 5.97 Å². The molecule has 76 valence electrons. The van der Waals surface area contributed by atoms with E-state index in [1.165, 1.54) is 0 Å².